The summed E-state index contributed by atoms with van der Waals surface area (Å²) in [7, 11) is 1.53. The van der Waals surface area contributed by atoms with Gasteiger partial charge in [0.05, 0.1) is 12.7 Å². The molecule has 2 N–H and O–H groups in total. The molecule has 25 heavy (non-hydrogen) atoms. The van der Waals surface area contributed by atoms with Crippen LogP contribution in [0.5, 0.6) is 11.5 Å². The first-order valence-electron chi connectivity index (χ1n) is 7.35. The van der Waals surface area contributed by atoms with Crippen molar-refractivity contribution in [2.45, 2.75) is 0 Å². The molecule has 0 fully saturated rings. The maximum absolute atomic E-state index is 12.0. The van der Waals surface area contributed by atoms with Gasteiger partial charge in [-0.1, -0.05) is 0 Å². The molecule has 0 radical (unpaired) electrons. The van der Waals surface area contributed by atoms with Crippen LogP contribution in [0.3, 0.4) is 0 Å². The quantitative estimate of drug-likeness (QED) is 0.576. The molecule has 0 aromatic heterocycles. The number of Topliss-reactive ketones (excluding diaryl/α,β-unsaturated/α-hetero) is 1. The molecule has 130 valence electrons. The van der Waals surface area contributed by atoms with Gasteiger partial charge in [0.15, 0.2) is 19.0 Å². The van der Waals surface area contributed by atoms with Gasteiger partial charge in [0.25, 0.3) is 5.91 Å². The van der Waals surface area contributed by atoms with Crippen LogP contribution in [0.4, 0.5) is 0 Å². The highest BCUT2D eigenvalue weighted by molar-refractivity contribution is 5.99. The smallest absolute Gasteiger partial charge is 0.338 e. The second-order valence-electron chi connectivity index (χ2n) is 5.01. The third-order valence-corrected chi connectivity index (χ3v) is 3.22. The number of ketones is 1. The molecule has 0 aliphatic carbocycles. The molecule has 7 nitrogen and oxygen atoms in total. The molecule has 7 heteroatoms. The van der Waals surface area contributed by atoms with E-state index >= 15 is 0 Å². The molecular weight excluding hydrogens is 326 g/mol. The standard InChI is InChI=1S/C18H17NO6/c1-23-14-6-2-12(3-7-14)16(20)10-25-18(22)13-4-8-15(9-5-13)24-11-17(19)21/h2-9H,10-11H2,1H3,(H2,19,21). The van der Waals surface area contributed by atoms with Gasteiger partial charge in [-0.3, -0.25) is 9.59 Å². The molecule has 0 atom stereocenters. The van der Waals surface area contributed by atoms with Gasteiger partial charge in [-0.25, -0.2) is 4.79 Å². The Kier molecular flexibility index (Phi) is 6.11. The van der Waals surface area contributed by atoms with Gasteiger partial charge in [-0.2, -0.15) is 0 Å². The largest absolute Gasteiger partial charge is 0.497 e. The van der Waals surface area contributed by atoms with Gasteiger partial charge in [0.2, 0.25) is 0 Å². The highest BCUT2D eigenvalue weighted by atomic mass is 16.5. The van der Waals surface area contributed by atoms with Gasteiger partial charge < -0.3 is 19.9 Å². The first kappa shape index (κ1) is 18.0. The first-order valence-corrected chi connectivity index (χ1v) is 7.35. The van der Waals surface area contributed by atoms with Crippen molar-refractivity contribution >= 4 is 17.7 Å². The zero-order chi connectivity index (χ0) is 18.2. The lowest BCUT2D eigenvalue weighted by Gasteiger charge is -2.07. The average molecular weight is 343 g/mol. The minimum absolute atomic E-state index is 0.250. The normalized spacial score (nSPS) is 9.96. The van der Waals surface area contributed by atoms with Crippen molar-refractivity contribution < 1.29 is 28.6 Å². The number of esters is 1. The number of amides is 1. The molecule has 0 saturated carbocycles. The number of benzene rings is 2. The molecule has 0 heterocycles. The summed E-state index contributed by atoms with van der Waals surface area (Å²) in [6.45, 7) is -0.620. The third kappa shape index (κ3) is 5.35. The Morgan fingerprint density at radius 3 is 1.96 bits per heavy atom. The molecule has 2 aromatic carbocycles. The maximum atomic E-state index is 12.0. The molecule has 0 unspecified atom stereocenters. The first-order chi connectivity index (χ1) is 12.0. The summed E-state index contributed by atoms with van der Waals surface area (Å²) < 4.78 is 15.1. The Hall–Kier alpha value is -3.35. The van der Waals surface area contributed by atoms with Crippen LogP contribution < -0.4 is 15.2 Å². The van der Waals surface area contributed by atoms with Crippen LogP contribution in [-0.4, -0.2) is 38.0 Å². The monoisotopic (exact) mass is 343 g/mol. The number of ether oxygens (including phenoxy) is 3. The molecule has 0 spiro atoms. The second kappa shape index (κ2) is 8.49. The van der Waals surface area contributed by atoms with E-state index in [4.69, 9.17) is 19.9 Å². The van der Waals surface area contributed by atoms with Crippen LogP contribution in [0.15, 0.2) is 48.5 Å². The van der Waals surface area contributed by atoms with E-state index in [-0.39, 0.29) is 24.6 Å². The van der Waals surface area contributed by atoms with Crippen LogP contribution in [-0.2, 0) is 9.53 Å². The summed E-state index contributed by atoms with van der Waals surface area (Å²) in [6, 6.07) is 12.4. The summed E-state index contributed by atoms with van der Waals surface area (Å²) in [5, 5.41) is 0. The van der Waals surface area contributed by atoms with Crippen molar-refractivity contribution in [1.82, 2.24) is 0 Å². The van der Waals surface area contributed by atoms with Crippen LogP contribution in [0.2, 0.25) is 0 Å². The van der Waals surface area contributed by atoms with Gasteiger partial charge >= 0.3 is 5.97 Å². The molecule has 0 aliphatic heterocycles. The fraction of sp³-hybridized carbons (Fsp3) is 0.167. The predicted octanol–water partition coefficient (Wildman–Crippen LogP) is 1.60. The highest BCUT2D eigenvalue weighted by Gasteiger charge is 2.12. The van der Waals surface area contributed by atoms with E-state index in [0.717, 1.165) is 0 Å². The van der Waals surface area contributed by atoms with Crippen molar-refractivity contribution in [3.05, 3.63) is 59.7 Å². The fourth-order valence-electron chi connectivity index (χ4n) is 1.92. The number of rotatable bonds is 8. The van der Waals surface area contributed by atoms with Gasteiger partial charge in [0, 0.05) is 5.56 Å². The van der Waals surface area contributed by atoms with Crippen molar-refractivity contribution in [3.63, 3.8) is 0 Å². The Bertz CT molecular complexity index is 752. The van der Waals surface area contributed by atoms with E-state index in [1.807, 2.05) is 0 Å². The summed E-state index contributed by atoms with van der Waals surface area (Å²) in [6.07, 6.45) is 0. The Morgan fingerprint density at radius 1 is 0.840 bits per heavy atom. The number of carbonyl (C=O) groups excluding carboxylic acids is 3. The minimum Gasteiger partial charge on any atom is -0.497 e. The predicted molar refractivity (Wildman–Crippen MR) is 88.7 cm³/mol. The molecule has 0 aliphatic rings. The summed E-state index contributed by atoms with van der Waals surface area (Å²) in [5.41, 5.74) is 5.65. The van der Waals surface area contributed by atoms with E-state index in [0.29, 0.717) is 17.1 Å². The Balaban J connectivity index is 1.88. The van der Waals surface area contributed by atoms with E-state index < -0.39 is 11.9 Å². The number of methoxy groups -OCH3 is 1. The zero-order valence-corrected chi connectivity index (χ0v) is 13.6. The van der Waals surface area contributed by atoms with Gasteiger partial charge in [-0.15, -0.1) is 0 Å². The average Bonchev–Trinajstić information content (AvgIpc) is 2.64. The number of hydrogen-bond donors (Lipinski definition) is 1. The Morgan fingerprint density at radius 2 is 1.40 bits per heavy atom. The van der Waals surface area contributed by atoms with E-state index in [9.17, 15) is 14.4 Å². The summed E-state index contributed by atoms with van der Waals surface area (Å²) >= 11 is 0. The summed E-state index contributed by atoms with van der Waals surface area (Å²) in [4.78, 5) is 34.6. The van der Waals surface area contributed by atoms with Crippen molar-refractivity contribution in [1.29, 1.82) is 0 Å². The zero-order valence-electron chi connectivity index (χ0n) is 13.6. The molecule has 0 bridgehead atoms. The number of hydrogen-bond acceptors (Lipinski definition) is 6. The van der Waals surface area contributed by atoms with Crippen molar-refractivity contribution in [3.8, 4) is 11.5 Å². The lowest BCUT2D eigenvalue weighted by Crippen LogP contribution is -2.20. The SMILES string of the molecule is COc1ccc(C(=O)COC(=O)c2ccc(OCC(N)=O)cc2)cc1. The summed E-state index contributed by atoms with van der Waals surface area (Å²) in [5.74, 6) is -0.530. The van der Waals surface area contributed by atoms with Crippen LogP contribution >= 0.6 is 0 Å². The van der Waals surface area contributed by atoms with Crippen LogP contribution in [0, 0.1) is 0 Å². The lowest BCUT2D eigenvalue weighted by atomic mass is 10.1. The van der Waals surface area contributed by atoms with E-state index in [1.54, 1.807) is 24.3 Å². The lowest BCUT2D eigenvalue weighted by molar-refractivity contribution is -0.119. The highest BCUT2D eigenvalue weighted by Crippen LogP contribution is 2.14. The second-order valence-corrected chi connectivity index (χ2v) is 5.01. The van der Waals surface area contributed by atoms with E-state index in [2.05, 4.69) is 0 Å². The third-order valence-electron chi connectivity index (χ3n) is 3.22. The number of nitrogens with two attached hydrogens (primary N) is 1. The number of primary amides is 1. The van der Waals surface area contributed by atoms with E-state index in [1.165, 1.54) is 31.4 Å². The Labute approximate surface area is 144 Å². The van der Waals surface area contributed by atoms with Crippen molar-refractivity contribution in [2.24, 2.45) is 5.73 Å². The molecule has 2 aromatic rings. The number of carbonyl (C=O) groups is 3. The van der Waals surface area contributed by atoms with Crippen molar-refractivity contribution in [2.75, 3.05) is 20.3 Å². The van der Waals surface area contributed by atoms with Crippen LogP contribution in [0.1, 0.15) is 20.7 Å². The minimum atomic E-state index is -0.636. The maximum Gasteiger partial charge on any atom is 0.338 e. The molecule has 0 saturated heterocycles. The molecule has 1 amide bonds. The fourth-order valence-corrected chi connectivity index (χ4v) is 1.92. The molecule has 2 rings (SSSR count). The molecular formula is C18H17NO6. The van der Waals surface area contributed by atoms with Gasteiger partial charge in [0.1, 0.15) is 11.5 Å². The van der Waals surface area contributed by atoms with Crippen LogP contribution in [0.25, 0.3) is 0 Å². The van der Waals surface area contributed by atoms with Gasteiger partial charge in [-0.05, 0) is 48.5 Å². The topological polar surface area (TPSA) is 105 Å².